The number of hydrogen-bond donors (Lipinski definition) is 2. The summed E-state index contributed by atoms with van der Waals surface area (Å²) in [6, 6.07) is 2.68. The standard InChI is InChI=1S/C10H14ClNO4S/c1-6(5-16-2)17(14,15)10-7(11)3-4-8(12)9(10)13/h3-4,6,13H,5,12H2,1-2H3/t6-/m0/s1. The number of benzene rings is 1. The van der Waals surface area contributed by atoms with E-state index in [9.17, 15) is 13.5 Å². The third-order valence-electron chi connectivity index (χ3n) is 2.33. The minimum absolute atomic E-state index is 0.00685. The fourth-order valence-electron chi connectivity index (χ4n) is 1.36. The molecule has 0 heterocycles. The molecule has 0 fully saturated rings. The van der Waals surface area contributed by atoms with Gasteiger partial charge in [-0.1, -0.05) is 11.6 Å². The van der Waals surface area contributed by atoms with Crippen molar-refractivity contribution in [2.45, 2.75) is 17.1 Å². The molecule has 5 nitrogen and oxygen atoms in total. The van der Waals surface area contributed by atoms with E-state index in [-0.39, 0.29) is 22.2 Å². The molecular weight excluding hydrogens is 266 g/mol. The first kappa shape index (κ1) is 14.1. The fourth-order valence-corrected chi connectivity index (χ4v) is 3.28. The topological polar surface area (TPSA) is 89.6 Å². The molecule has 3 N–H and O–H groups in total. The molecule has 0 aliphatic rings. The van der Waals surface area contributed by atoms with Crippen molar-refractivity contribution in [1.82, 2.24) is 0 Å². The van der Waals surface area contributed by atoms with Crippen molar-refractivity contribution in [2.75, 3.05) is 19.5 Å². The van der Waals surface area contributed by atoms with E-state index in [0.29, 0.717) is 0 Å². The molecule has 0 aromatic heterocycles. The Morgan fingerprint density at radius 2 is 2.12 bits per heavy atom. The molecule has 0 aliphatic carbocycles. The maximum atomic E-state index is 12.1. The lowest BCUT2D eigenvalue weighted by molar-refractivity contribution is 0.200. The molecule has 0 amide bonds. The zero-order valence-corrected chi connectivity index (χ0v) is 11.0. The Morgan fingerprint density at radius 1 is 1.53 bits per heavy atom. The number of nitrogens with two attached hydrogens (primary N) is 1. The second-order valence-corrected chi connectivity index (χ2v) is 6.34. The molecule has 1 rings (SSSR count). The van der Waals surface area contributed by atoms with E-state index in [1.165, 1.54) is 26.2 Å². The van der Waals surface area contributed by atoms with E-state index in [2.05, 4.69) is 0 Å². The second-order valence-electron chi connectivity index (χ2n) is 3.63. The number of aromatic hydroxyl groups is 1. The van der Waals surface area contributed by atoms with Gasteiger partial charge in [-0.05, 0) is 19.1 Å². The van der Waals surface area contributed by atoms with Crippen LogP contribution in [-0.2, 0) is 14.6 Å². The number of phenolic OH excluding ortho intramolecular Hbond substituents is 1. The van der Waals surface area contributed by atoms with Gasteiger partial charge in [0.05, 0.1) is 22.6 Å². The minimum Gasteiger partial charge on any atom is -0.504 e. The number of halogens is 1. The molecule has 7 heteroatoms. The number of nitrogen functional groups attached to an aromatic ring is 1. The van der Waals surface area contributed by atoms with Gasteiger partial charge in [0.25, 0.3) is 0 Å². The van der Waals surface area contributed by atoms with E-state index >= 15 is 0 Å². The summed E-state index contributed by atoms with van der Waals surface area (Å²) in [5.41, 5.74) is 5.43. The van der Waals surface area contributed by atoms with Gasteiger partial charge in [-0.2, -0.15) is 0 Å². The van der Waals surface area contributed by atoms with E-state index in [0.717, 1.165) is 0 Å². The third-order valence-corrected chi connectivity index (χ3v) is 4.94. The second kappa shape index (κ2) is 5.12. The number of hydrogen-bond acceptors (Lipinski definition) is 5. The lowest BCUT2D eigenvalue weighted by Gasteiger charge is -2.15. The molecule has 1 atom stereocenters. The maximum absolute atomic E-state index is 12.1. The number of phenols is 1. The molecule has 0 spiro atoms. The highest BCUT2D eigenvalue weighted by Gasteiger charge is 2.29. The third kappa shape index (κ3) is 2.65. The lowest BCUT2D eigenvalue weighted by atomic mass is 10.3. The van der Waals surface area contributed by atoms with Gasteiger partial charge >= 0.3 is 0 Å². The predicted molar refractivity (Wildman–Crippen MR) is 66.1 cm³/mol. The highest BCUT2D eigenvalue weighted by molar-refractivity contribution is 7.92. The number of ether oxygens (including phenoxy) is 1. The summed E-state index contributed by atoms with van der Waals surface area (Å²) in [4.78, 5) is -0.344. The van der Waals surface area contributed by atoms with Crippen LogP contribution in [0.2, 0.25) is 5.02 Å². The summed E-state index contributed by atoms with van der Waals surface area (Å²) >= 11 is 5.79. The first-order chi connectivity index (χ1) is 7.82. The van der Waals surface area contributed by atoms with Crippen molar-refractivity contribution in [2.24, 2.45) is 0 Å². The Labute approximate surface area is 105 Å². The number of anilines is 1. The van der Waals surface area contributed by atoms with Gasteiger partial charge in [0.15, 0.2) is 15.6 Å². The van der Waals surface area contributed by atoms with Crippen LogP contribution in [0, 0.1) is 0 Å². The van der Waals surface area contributed by atoms with E-state index in [1.807, 2.05) is 0 Å². The average molecular weight is 280 g/mol. The Bertz CT molecular complexity index is 515. The monoisotopic (exact) mass is 279 g/mol. The number of sulfone groups is 1. The molecule has 1 aromatic carbocycles. The van der Waals surface area contributed by atoms with Crippen LogP contribution in [0.3, 0.4) is 0 Å². The maximum Gasteiger partial charge on any atom is 0.188 e. The highest BCUT2D eigenvalue weighted by Crippen LogP contribution is 2.37. The lowest BCUT2D eigenvalue weighted by Crippen LogP contribution is -2.23. The van der Waals surface area contributed by atoms with Crippen molar-refractivity contribution < 1.29 is 18.3 Å². The van der Waals surface area contributed by atoms with Crippen LogP contribution in [0.25, 0.3) is 0 Å². The molecule has 0 bridgehead atoms. The van der Waals surface area contributed by atoms with E-state index in [4.69, 9.17) is 22.1 Å². The van der Waals surface area contributed by atoms with Crippen molar-refractivity contribution in [1.29, 1.82) is 0 Å². The van der Waals surface area contributed by atoms with Gasteiger partial charge in [-0.25, -0.2) is 8.42 Å². The highest BCUT2D eigenvalue weighted by atomic mass is 35.5. The number of rotatable bonds is 4. The summed E-state index contributed by atoms with van der Waals surface area (Å²) in [6.07, 6.45) is 0. The minimum atomic E-state index is -3.77. The zero-order valence-electron chi connectivity index (χ0n) is 9.47. The number of methoxy groups -OCH3 is 1. The first-order valence-electron chi connectivity index (χ1n) is 4.82. The van der Waals surface area contributed by atoms with E-state index < -0.39 is 20.8 Å². The van der Waals surface area contributed by atoms with Crippen molar-refractivity contribution in [3.63, 3.8) is 0 Å². The van der Waals surface area contributed by atoms with Gasteiger partial charge in [0, 0.05) is 7.11 Å². The Morgan fingerprint density at radius 3 is 2.65 bits per heavy atom. The normalized spacial score (nSPS) is 13.6. The molecule has 0 unspecified atom stereocenters. The predicted octanol–water partition coefficient (Wildman–Crippen LogP) is 1.44. The molecular formula is C10H14ClNO4S. The van der Waals surface area contributed by atoms with Crippen molar-refractivity contribution in [3.8, 4) is 5.75 Å². The van der Waals surface area contributed by atoms with Crippen LogP contribution in [-0.4, -0.2) is 32.5 Å². The smallest absolute Gasteiger partial charge is 0.188 e. The van der Waals surface area contributed by atoms with Crippen LogP contribution in [0.15, 0.2) is 17.0 Å². The van der Waals surface area contributed by atoms with Gasteiger partial charge in [-0.15, -0.1) is 0 Å². The SMILES string of the molecule is COC[C@H](C)S(=O)(=O)c1c(Cl)ccc(N)c1O. The van der Waals surface area contributed by atoms with Crippen molar-refractivity contribution >= 4 is 27.1 Å². The average Bonchev–Trinajstić information content (AvgIpc) is 2.24. The van der Waals surface area contributed by atoms with Crippen LogP contribution in [0.1, 0.15) is 6.92 Å². The zero-order chi connectivity index (χ0) is 13.2. The molecule has 0 radical (unpaired) electrons. The van der Waals surface area contributed by atoms with Crippen LogP contribution in [0.4, 0.5) is 5.69 Å². The van der Waals surface area contributed by atoms with Gasteiger partial charge < -0.3 is 15.6 Å². The fraction of sp³-hybridized carbons (Fsp3) is 0.400. The summed E-state index contributed by atoms with van der Waals surface area (Å²) in [7, 11) is -2.38. The molecule has 17 heavy (non-hydrogen) atoms. The van der Waals surface area contributed by atoms with E-state index in [1.54, 1.807) is 0 Å². The van der Waals surface area contributed by atoms with Crippen molar-refractivity contribution in [3.05, 3.63) is 17.2 Å². The summed E-state index contributed by atoms with van der Waals surface area (Å²) in [6.45, 7) is 1.48. The van der Waals surface area contributed by atoms with Crippen LogP contribution >= 0.6 is 11.6 Å². The largest absolute Gasteiger partial charge is 0.504 e. The van der Waals surface area contributed by atoms with Gasteiger partial charge in [0.1, 0.15) is 4.90 Å². The Balaban J connectivity index is 3.38. The molecule has 1 aromatic rings. The molecule has 0 saturated carbocycles. The summed E-state index contributed by atoms with van der Waals surface area (Å²) < 4.78 is 29.1. The summed E-state index contributed by atoms with van der Waals surface area (Å²) in [5.74, 6) is -0.513. The van der Waals surface area contributed by atoms with Gasteiger partial charge in [0.2, 0.25) is 0 Å². The molecule has 0 aliphatic heterocycles. The molecule has 0 saturated heterocycles. The Kier molecular flexibility index (Phi) is 4.24. The van der Waals surface area contributed by atoms with Crippen LogP contribution in [0.5, 0.6) is 5.75 Å². The first-order valence-corrected chi connectivity index (χ1v) is 6.74. The quantitative estimate of drug-likeness (QED) is 0.643. The Hall–Kier alpha value is -0.980. The van der Waals surface area contributed by atoms with Gasteiger partial charge in [-0.3, -0.25) is 0 Å². The summed E-state index contributed by atoms with van der Waals surface area (Å²) in [5, 5.41) is 8.82. The van der Waals surface area contributed by atoms with Crippen LogP contribution < -0.4 is 5.73 Å². The molecule has 96 valence electrons.